The number of rotatable bonds is 15. The van der Waals surface area contributed by atoms with Crippen molar-refractivity contribution >= 4 is 23.1 Å². The molecule has 1 aromatic heterocycles. The maximum Gasteiger partial charge on any atom is 0.329 e. The largest absolute Gasteiger partial charge is 0.493 e. The lowest BCUT2D eigenvalue weighted by atomic mass is 9.89. The third kappa shape index (κ3) is 8.37. The number of ether oxygens (including phenoxy) is 2. The maximum absolute atomic E-state index is 13.1. The van der Waals surface area contributed by atoms with Crippen molar-refractivity contribution in [1.29, 1.82) is 0 Å². The zero-order chi connectivity index (χ0) is 34.1. The van der Waals surface area contributed by atoms with Crippen LogP contribution in [0, 0.1) is 5.92 Å². The summed E-state index contributed by atoms with van der Waals surface area (Å²) in [5.41, 5.74) is 3.62. The summed E-state index contributed by atoms with van der Waals surface area (Å²) in [6.45, 7) is 16.6. The van der Waals surface area contributed by atoms with Gasteiger partial charge in [0.15, 0.2) is 0 Å². The van der Waals surface area contributed by atoms with E-state index in [0.717, 1.165) is 49.5 Å². The topological polar surface area (TPSA) is 75.4 Å². The Hall–Kier alpha value is -4.37. The monoisotopic (exact) mass is 652 g/mol. The van der Waals surface area contributed by atoms with Gasteiger partial charge in [0.2, 0.25) is 0 Å². The summed E-state index contributed by atoms with van der Waals surface area (Å²) in [5.74, 6) is 1.58. The quantitative estimate of drug-likeness (QED) is 0.158. The third-order valence-electron chi connectivity index (χ3n) is 9.69. The van der Waals surface area contributed by atoms with Crippen molar-refractivity contribution in [2.75, 3.05) is 49.7 Å². The molecular weight excluding hydrogens is 600 g/mol. The summed E-state index contributed by atoms with van der Waals surface area (Å²) in [7, 11) is 1.76. The van der Waals surface area contributed by atoms with Crippen molar-refractivity contribution in [2.45, 2.75) is 71.1 Å². The van der Waals surface area contributed by atoms with E-state index in [-0.39, 0.29) is 18.0 Å². The standard InChI is InChI=1S/C39H52N6O3/c1-7-31(4)44-23-10-24-45(38(44)46)35-15-13-34(14-16-35)42-25-19-33(20-26-42)32-11-17-36(18-12-32)47-27-30(3)28-48-39(5,37(8-2)40-6)29-43-22-9-21-41-43/h8-18,21-22,24,30-31,33H,2,7,19-20,23,25-29H2,1,3-6H3. The molecule has 0 aliphatic carbocycles. The van der Waals surface area contributed by atoms with Gasteiger partial charge in [-0.2, -0.15) is 5.10 Å². The molecule has 0 saturated carbocycles. The maximum atomic E-state index is 13.1. The van der Waals surface area contributed by atoms with Crippen molar-refractivity contribution in [3.63, 3.8) is 0 Å². The van der Waals surface area contributed by atoms with Crippen molar-refractivity contribution < 1.29 is 14.3 Å². The molecule has 0 bridgehead atoms. The molecule has 256 valence electrons. The molecule has 2 aliphatic heterocycles. The average molecular weight is 653 g/mol. The average Bonchev–Trinajstić information content (AvgIpc) is 3.63. The second-order valence-corrected chi connectivity index (χ2v) is 13.3. The Balaban J connectivity index is 1.08. The van der Waals surface area contributed by atoms with Gasteiger partial charge in [0.05, 0.1) is 31.2 Å². The number of anilines is 2. The van der Waals surface area contributed by atoms with Gasteiger partial charge in [0.25, 0.3) is 0 Å². The number of hydrogen-bond acceptors (Lipinski definition) is 6. The second-order valence-electron chi connectivity index (χ2n) is 13.3. The number of aliphatic imine (C=N–C) groups is 1. The van der Waals surface area contributed by atoms with Crippen molar-refractivity contribution in [3.8, 4) is 5.75 Å². The lowest BCUT2D eigenvalue weighted by Gasteiger charge is -2.36. The summed E-state index contributed by atoms with van der Waals surface area (Å²) in [4.78, 5) is 23.6. The number of amides is 2. The molecule has 2 aromatic carbocycles. The highest BCUT2D eigenvalue weighted by molar-refractivity contribution is 6.01. The summed E-state index contributed by atoms with van der Waals surface area (Å²) < 4.78 is 14.4. The van der Waals surface area contributed by atoms with E-state index < -0.39 is 5.60 Å². The Bertz CT molecular complexity index is 1530. The van der Waals surface area contributed by atoms with Gasteiger partial charge >= 0.3 is 6.03 Å². The molecule has 1 saturated heterocycles. The summed E-state index contributed by atoms with van der Waals surface area (Å²) in [6, 6.07) is 19.2. The lowest BCUT2D eigenvalue weighted by molar-refractivity contribution is -0.0164. The van der Waals surface area contributed by atoms with E-state index in [1.54, 1.807) is 24.2 Å². The molecule has 9 heteroatoms. The molecule has 9 nitrogen and oxygen atoms in total. The zero-order valence-electron chi connectivity index (χ0n) is 29.3. The van der Waals surface area contributed by atoms with E-state index >= 15 is 0 Å². The van der Waals surface area contributed by atoms with Crippen molar-refractivity contribution in [3.05, 3.63) is 97.5 Å². The van der Waals surface area contributed by atoms with Gasteiger partial charge in [-0.3, -0.25) is 14.6 Å². The van der Waals surface area contributed by atoms with Crippen LogP contribution in [0.3, 0.4) is 0 Å². The van der Waals surface area contributed by atoms with Crippen LogP contribution in [-0.4, -0.2) is 78.0 Å². The molecule has 1 fully saturated rings. The van der Waals surface area contributed by atoms with Crippen LogP contribution in [0.4, 0.5) is 16.2 Å². The Kier molecular flexibility index (Phi) is 11.8. The summed E-state index contributed by atoms with van der Waals surface area (Å²) >= 11 is 0. The third-order valence-corrected chi connectivity index (χ3v) is 9.69. The van der Waals surface area contributed by atoms with Crippen molar-refractivity contribution in [2.24, 2.45) is 10.9 Å². The van der Waals surface area contributed by atoms with Gasteiger partial charge in [-0.05, 0) is 99.2 Å². The fourth-order valence-electron chi connectivity index (χ4n) is 6.52. The first-order valence-electron chi connectivity index (χ1n) is 17.3. The predicted octanol–water partition coefficient (Wildman–Crippen LogP) is 7.57. The van der Waals surface area contributed by atoms with Gasteiger partial charge in [0, 0.05) is 62.9 Å². The number of piperidine rings is 1. The van der Waals surface area contributed by atoms with E-state index in [9.17, 15) is 4.79 Å². The minimum atomic E-state index is -0.641. The van der Waals surface area contributed by atoms with E-state index in [1.807, 2.05) is 35.0 Å². The normalized spacial score (nSPS) is 18.5. The van der Waals surface area contributed by atoms with Gasteiger partial charge in [-0.25, -0.2) is 4.79 Å². The molecule has 3 atom stereocenters. The van der Waals surface area contributed by atoms with Crippen LogP contribution in [0.15, 0.2) is 96.9 Å². The number of carbonyl (C=O) groups is 1. The molecule has 3 aromatic rings. The number of nitrogens with zero attached hydrogens (tertiary/aromatic N) is 6. The Morgan fingerprint density at radius 3 is 2.42 bits per heavy atom. The highest BCUT2D eigenvalue weighted by Gasteiger charge is 2.32. The SMILES string of the molecule is C=CC(=NC)C(C)(Cn1cccn1)OCC(C)COc1ccc(C2CCN(c3ccc(N4C=CCN(C(C)CC)C4=O)cc3)CC2)cc1. The number of hydrogen-bond donors (Lipinski definition) is 0. The molecule has 5 rings (SSSR count). The van der Waals surface area contributed by atoms with E-state index in [1.165, 1.54) is 11.3 Å². The number of carbonyl (C=O) groups excluding carboxylic acids is 1. The van der Waals surface area contributed by atoms with Crippen LogP contribution in [0.25, 0.3) is 0 Å². The lowest BCUT2D eigenvalue weighted by Crippen LogP contribution is -2.48. The van der Waals surface area contributed by atoms with Crippen molar-refractivity contribution in [1.82, 2.24) is 14.7 Å². The molecule has 0 spiro atoms. The van der Waals surface area contributed by atoms with Gasteiger partial charge < -0.3 is 19.3 Å². The summed E-state index contributed by atoms with van der Waals surface area (Å²) in [6.07, 6.45) is 12.5. The molecule has 48 heavy (non-hydrogen) atoms. The first-order chi connectivity index (χ1) is 23.2. The van der Waals surface area contributed by atoms with Gasteiger partial charge in [-0.15, -0.1) is 0 Å². The van der Waals surface area contributed by atoms with Crippen LogP contribution in [-0.2, 0) is 11.3 Å². The molecule has 2 amide bonds. The fourth-order valence-corrected chi connectivity index (χ4v) is 6.52. The Morgan fingerprint density at radius 2 is 1.79 bits per heavy atom. The highest BCUT2D eigenvalue weighted by atomic mass is 16.5. The van der Waals surface area contributed by atoms with Gasteiger partial charge in [0.1, 0.15) is 11.4 Å². The van der Waals surface area contributed by atoms with E-state index in [4.69, 9.17) is 9.47 Å². The van der Waals surface area contributed by atoms with E-state index in [0.29, 0.717) is 32.2 Å². The van der Waals surface area contributed by atoms with Crippen LogP contribution < -0.4 is 14.5 Å². The van der Waals surface area contributed by atoms with Crippen LogP contribution in [0.5, 0.6) is 5.75 Å². The molecular formula is C39H52N6O3. The van der Waals surface area contributed by atoms with Crippen LogP contribution >= 0.6 is 0 Å². The van der Waals surface area contributed by atoms with E-state index in [2.05, 4.69) is 96.9 Å². The predicted molar refractivity (Wildman–Crippen MR) is 195 cm³/mol. The zero-order valence-corrected chi connectivity index (χ0v) is 29.3. The fraction of sp³-hybridized carbons (Fsp3) is 0.462. The Morgan fingerprint density at radius 1 is 1.08 bits per heavy atom. The van der Waals surface area contributed by atoms with Gasteiger partial charge in [-0.1, -0.05) is 32.6 Å². The first kappa shape index (κ1) is 35.0. The molecule has 0 N–H and O–H groups in total. The second kappa shape index (κ2) is 16.2. The molecule has 3 heterocycles. The smallest absolute Gasteiger partial charge is 0.329 e. The van der Waals surface area contributed by atoms with Crippen LogP contribution in [0.1, 0.15) is 58.4 Å². The minimum absolute atomic E-state index is 0.0467. The highest BCUT2D eigenvalue weighted by Crippen LogP contribution is 2.33. The number of urea groups is 1. The first-order valence-corrected chi connectivity index (χ1v) is 17.3. The molecule has 2 aliphatic rings. The summed E-state index contributed by atoms with van der Waals surface area (Å²) in [5, 5.41) is 4.35. The van der Waals surface area contributed by atoms with Crippen LogP contribution in [0.2, 0.25) is 0 Å². The molecule has 3 unspecified atom stereocenters. The minimum Gasteiger partial charge on any atom is -0.493 e. The number of aromatic nitrogens is 2. The molecule has 0 radical (unpaired) electrons. The Labute approximate surface area is 286 Å². The number of benzene rings is 2.